The van der Waals surface area contributed by atoms with Gasteiger partial charge in [-0.15, -0.1) is 0 Å². The van der Waals surface area contributed by atoms with Crippen molar-refractivity contribution in [3.63, 3.8) is 0 Å². The van der Waals surface area contributed by atoms with Crippen LogP contribution >= 0.6 is 0 Å². The van der Waals surface area contributed by atoms with E-state index in [2.05, 4.69) is 12.2 Å². The number of benzene rings is 1. The SMILES string of the molecule is COc1ccc(NC(=O)CN(C)CC(=O)N2CCC[C@@H](C)C2)cc1. The second-order valence-corrected chi connectivity index (χ2v) is 6.54. The highest BCUT2D eigenvalue weighted by Gasteiger charge is 2.22. The van der Waals surface area contributed by atoms with Gasteiger partial charge < -0.3 is 15.0 Å². The fourth-order valence-corrected chi connectivity index (χ4v) is 2.92. The maximum atomic E-state index is 12.3. The molecule has 0 spiro atoms. The molecule has 24 heavy (non-hydrogen) atoms. The highest BCUT2D eigenvalue weighted by molar-refractivity contribution is 5.92. The van der Waals surface area contributed by atoms with Crippen LogP contribution in [0.5, 0.6) is 5.75 Å². The zero-order valence-corrected chi connectivity index (χ0v) is 14.7. The van der Waals surface area contributed by atoms with Gasteiger partial charge in [0.25, 0.3) is 0 Å². The van der Waals surface area contributed by atoms with Crippen molar-refractivity contribution in [2.75, 3.05) is 45.7 Å². The van der Waals surface area contributed by atoms with E-state index in [1.807, 2.05) is 4.90 Å². The Bertz CT molecular complexity index is 559. The van der Waals surface area contributed by atoms with Gasteiger partial charge in [0.2, 0.25) is 11.8 Å². The Morgan fingerprint density at radius 2 is 2.00 bits per heavy atom. The standard InChI is InChI=1S/C18H27N3O3/c1-14-5-4-10-21(11-14)18(23)13-20(2)12-17(22)19-15-6-8-16(24-3)9-7-15/h6-9,14H,4-5,10-13H2,1-3H3,(H,19,22)/t14-/m1/s1. The van der Waals surface area contributed by atoms with Crippen molar-refractivity contribution in [2.24, 2.45) is 5.92 Å². The number of likely N-dealkylation sites (N-methyl/N-ethyl adjacent to an activating group) is 1. The van der Waals surface area contributed by atoms with Crippen LogP contribution in [0.25, 0.3) is 0 Å². The lowest BCUT2D eigenvalue weighted by Crippen LogP contribution is -2.45. The van der Waals surface area contributed by atoms with Gasteiger partial charge in [-0.2, -0.15) is 0 Å². The fourth-order valence-electron chi connectivity index (χ4n) is 2.92. The van der Waals surface area contributed by atoms with Crippen molar-refractivity contribution >= 4 is 17.5 Å². The first-order valence-electron chi connectivity index (χ1n) is 8.38. The Morgan fingerprint density at radius 1 is 1.29 bits per heavy atom. The summed E-state index contributed by atoms with van der Waals surface area (Å²) >= 11 is 0. The predicted molar refractivity (Wildman–Crippen MR) is 94.1 cm³/mol. The van der Waals surface area contributed by atoms with E-state index in [4.69, 9.17) is 4.74 Å². The smallest absolute Gasteiger partial charge is 0.238 e. The lowest BCUT2D eigenvalue weighted by Gasteiger charge is -2.32. The second kappa shape index (κ2) is 8.68. The van der Waals surface area contributed by atoms with Crippen LogP contribution in [0.4, 0.5) is 5.69 Å². The molecule has 1 fully saturated rings. The molecular formula is C18H27N3O3. The van der Waals surface area contributed by atoms with E-state index in [1.165, 1.54) is 6.42 Å². The van der Waals surface area contributed by atoms with Crippen LogP contribution in [-0.2, 0) is 9.59 Å². The van der Waals surface area contributed by atoms with Crippen molar-refractivity contribution in [1.82, 2.24) is 9.80 Å². The van der Waals surface area contributed by atoms with E-state index < -0.39 is 0 Å². The van der Waals surface area contributed by atoms with Crippen LogP contribution in [0.3, 0.4) is 0 Å². The molecule has 0 unspecified atom stereocenters. The van der Waals surface area contributed by atoms with Crippen molar-refractivity contribution in [2.45, 2.75) is 19.8 Å². The number of piperidine rings is 1. The molecule has 1 aromatic carbocycles. The van der Waals surface area contributed by atoms with Gasteiger partial charge in [0.15, 0.2) is 0 Å². The number of methoxy groups -OCH3 is 1. The molecular weight excluding hydrogens is 306 g/mol. The first kappa shape index (κ1) is 18.3. The van der Waals surface area contributed by atoms with E-state index >= 15 is 0 Å². The molecule has 132 valence electrons. The summed E-state index contributed by atoms with van der Waals surface area (Å²) in [5, 5.41) is 2.82. The van der Waals surface area contributed by atoms with Crippen molar-refractivity contribution in [1.29, 1.82) is 0 Å². The van der Waals surface area contributed by atoms with Gasteiger partial charge in [-0.25, -0.2) is 0 Å². The largest absolute Gasteiger partial charge is 0.497 e. The lowest BCUT2D eigenvalue weighted by atomic mass is 10.0. The van der Waals surface area contributed by atoms with Gasteiger partial charge in [0.1, 0.15) is 5.75 Å². The highest BCUT2D eigenvalue weighted by atomic mass is 16.5. The van der Waals surface area contributed by atoms with E-state index in [0.717, 1.165) is 25.3 Å². The molecule has 2 amide bonds. The molecule has 0 radical (unpaired) electrons. The Morgan fingerprint density at radius 3 is 2.62 bits per heavy atom. The average molecular weight is 333 g/mol. The molecule has 1 aliphatic rings. The third kappa shape index (κ3) is 5.53. The van der Waals surface area contributed by atoms with Crippen molar-refractivity contribution in [3.05, 3.63) is 24.3 Å². The maximum Gasteiger partial charge on any atom is 0.238 e. The highest BCUT2D eigenvalue weighted by Crippen LogP contribution is 2.16. The monoisotopic (exact) mass is 333 g/mol. The van der Waals surface area contributed by atoms with E-state index in [0.29, 0.717) is 11.6 Å². The summed E-state index contributed by atoms with van der Waals surface area (Å²) < 4.78 is 5.08. The van der Waals surface area contributed by atoms with Crippen LogP contribution in [0, 0.1) is 5.92 Å². The summed E-state index contributed by atoms with van der Waals surface area (Å²) in [5.74, 6) is 1.27. The molecule has 6 heteroatoms. The number of nitrogens with one attached hydrogen (secondary N) is 1. The number of carbonyl (C=O) groups excluding carboxylic acids is 2. The first-order valence-corrected chi connectivity index (χ1v) is 8.38. The molecule has 1 atom stereocenters. The summed E-state index contributed by atoms with van der Waals surface area (Å²) in [7, 11) is 3.39. The minimum Gasteiger partial charge on any atom is -0.497 e. The Labute approximate surface area is 143 Å². The molecule has 0 aromatic heterocycles. The summed E-state index contributed by atoms with van der Waals surface area (Å²) in [6.45, 7) is 4.27. The second-order valence-electron chi connectivity index (χ2n) is 6.54. The topological polar surface area (TPSA) is 61.9 Å². The number of carbonyl (C=O) groups is 2. The van der Waals surface area contributed by atoms with Gasteiger partial charge in [0.05, 0.1) is 20.2 Å². The number of likely N-dealkylation sites (tertiary alicyclic amines) is 1. The van der Waals surface area contributed by atoms with E-state index in [-0.39, 0.29) is 24.9 Å². The minimum atomic E-state index is -0.137. The number of amides is 2. The zero-order valence-electron chi connectivity index (χ0n) is 14.7. The molecule has 0 aliphatic carbocycles. The number of rotatable bonds is 6. The molecule has 6 nitrogen and oxygen atoms in total. The lowest BCUT2D eigenvalue weighted by molar-refractivity contribution is -0.134. The van der Waals surface area contributed by atoms with Gasteiger partial charge in [-0.3, -0.25) is 14.5 Å². The van der Waals surface area contributed by atoms with E-state index in [1.54, 1.807) is 43.3 Å². The minimum absolute atomic E-state index is 0.0984. The van der Waals surface area contributed by atoms with Gasteiger partial charge >= 0.3 is 0 Å². The quantitative estimate of drug-likeness (QED) is 0.863. The number of ether oxygens (including phenoxy) is 1. The van der Waals surface area contributed by atoms with Gasteiger partial charge in [0, 0.05) is 18.8 Å². The Kier molecular flexibility index (Phi) is 6.61. The van der Waals surface area contributed by atoms with Crippen LogP contribution in [0.1, 0.15) is 19.8 Å². The van der Waals surface area contributed by atoms with Crippen LogP contribution in [0.15, 0.2) is 24.3 Å². The summed E-state index contributed by atoms with van der Waals surface area (Å²) in [6, 6.07) is 7.16. The molecule has 2 rings (SSSR count). The molecule has 1 aromatic rings. The molecule has 0 bridgehead atoms. The molecule has 1 saturated heterocycles. The van der Waals surface area contributed by atoms with E-state index in [9.17, 15) is 9.59 Å². The fraction of sp³-hybridized carbons (Fsp3) is 0.556. The molecule has 1 heterocycles. The molecule has 1 aliphatic heterocycles. The van der Waals surface area contributed by atoms with Gasteiger partial charge in [-0.05, 0) is 50.1 Å². The summed E-state index contributed by atoms with van der Waals surface area (Å²) in [5.41, 5.74) is 0.713. The number of hydrogen-bond acceptors (Lipinski definition) is 4. The molecule has 1 N–H and O–H groups in total. The Hall–Kier alpha value is -2.08. The normalized spacial score (nSPS) is 17.7. The van der Waals surface area contributed by atoms with Crippen LogP contribution < -0.4 is 10.1 Å². The third-order valence-electron chi connectivity index (χ3n) is 4.20. The van der Waals surface area contributed by atoms with Crippen molar-refractivity contribution in [3.8, 4) is 5.75 Å². The number of nitrogens with zero attached hydrogens (tertiary/aromatic N) is 2. The first-order chi connectivity index (χ1) is 11.5. The number of anilines is 1. The summed E-state index contributed by atoms with van der Waals surface area (Å²) in [4.78, 5) is 28.0. The predicted octanol–water partition coefficient (Wildman–Crippen LogP) is 1.82. The molecule has 0 saturated carbocycles. The Balaban J connectivity index is 1.77. The zero-order chi connectivity index (χ0) is 17.5. The summed E-state index contributed by atoms with van der Waals surface area (Å²) in [6.07, 6.45) is 2.25. The van der Waals surface area contributed by atoms with Crippen LogP contribution in [-0.4, -0.2) is 62.0 Å². The van der Waals surface area contributed by atoms with Crippen molar-refractivity contribution < 1.29 is 14.3 Å². The number of hydrogen-bond donors (Lipinski definition) is 1. The maximum absolute atomic E-state index is 12.3. The average Bonchev–Trinajstić information content (AvgIpc) is 2.55. The van der Waals surface area contributed by atoms with Gasteiger partial charge in [-0.1, -0.05) is 6.92 Å². The third-order valence-corrected chi connectivity index (χ3v) is 4.20. The van der Waals surface area contributed by atoms with Crippen LogP contribution in [0.2, 0.25) is 0 Å².